The first-order valence-corrected chi connectivity index (χ1v) is 7.02. The fourth-order valence-electron chi connectivity index (χ4n) is 1.32. The van der Waals surface area contributed by atoms with Crippen LogP contribution in [0.25, 0.3) is 0 Å². The first-order chi connectivity index (χ1) is 9.04. The predicted octanol–water partition coefficient (Wildman–Crippen LogP) is 1.89. The quantitative estimate of drug-likeness (QED) is 0.615. The summed E-state index contributed by atoms with van der Waals surface area (Å²) >= 11 is 1.23. The Labute approximate surface area is 116 Å². The van der Waals surface area contributed by atoms with E-state index in [1.165, 1.54) is 11.8 Å². The SMILES string of the molecule is CCOC(=O)CSC(C)C(=O)Nc1ccccc1N. The number of hydrogen-bond acceptors (Lipinski definition) is 5. The molecule has 0 spiro atoms. The van der Waals surface area contributed by atoms with Crippen molar-refractivity contribution in [1.82, 2.24) is 0 Å². The lowest BCUT2D eigenvalue weighted by Gasteiger charge is -2.12. The first-order valence-electron chi connectivity index (χ1n) is 5.97. The lowest BCUT2D eigenvalue weighted by atomic mass is 10.2. The van der Waals surface area contributed by atoms with Crippen molar-refractivity contribution in [2.75, 3.05) is 23.4 Å². The summed E-state index contributed by atoms with van der Waals surface area (Å²) < 4.78 is 4.80. The second kappa shape index (κ2) is 7.68. The molecule has 0 saturated heterocycles. The van der Waals surface area contributed by atoms with Gasteiger partial charge in [-0.25, -0.2) is 0 Å². The van der Waals surface area contributed by atoms with Gasteiger partial charge in [0.2, 0.25) is 5.91 Å². The number of carbonyl (C=O) groups is 2. The standard InChI is InChI=1S/C13H18N2O3S/c1-3-18-12(16)8-19-9(2)13(17)15-11-7-5-4-6-10(11)14/h4-7,9H,3,8,14H2,1-2H3,(H,15,17). The highest BCUT2D eigenvalue weighted by Crippen LogP contribution is 2.19. The van der Waals surface area contributed by atoms with Gasteiger partial charge in [-0.3, -0.25) is 9.59 Å². The minimum absolute atomic E-state index is 0.159. The summed E-state index contributed by atoms with van der Waals surface area (Å²) in [5, 5.41) is 2.37. The number of benzene rings is 1. The number of rotatable bonds is 6. The second-order valence-electron chi connectivity index (χ2n) is 3.83. The van der Waals surface area contributed by atoms with E-state index < -0.39 is 0 Å². The van der Waals surface area contributed by atoms with E-state index in [9.17, 15) is 9.59 Å². The van der Waals surface area contributed by atoms with Gasteiger partial charge in [0.15, 0.2) is 0 Å². The van der Waals surface area contributed by atoms with Crippen molar-refractivity contribution in [3.63, 3.8) is 0 Å². The molecule has 19 heavy (non-hydrogen) atoms. The molecule has 0 aromatic heterocycles. The van der Waals surface area contributed by atoms with E-state index in [1.54, 1.807) is 38.1 Å². The van der Waals surface area contributed by atoms with Crippen LogP contribution in [0.3, 0.4) is 0 Å². The van der Waals surface area contributed by atoms with Crippen LogP contribution in [0.2, 0.25) is 0 Å². The zero-order valence-corrected chi connectivity index (χ0v) is 11.8. The Morgan fingerprint density at radius 2 is 2.11 bits per heavy atom. The molecule has 0 bridgehead atoms. The van der Waals surface area contributed by atoms with Crippen LogP contribution >= 0.6 is 11.8 Å². The van der Waals surface area contributed by atoms with Crippen LogP contribution in [-0.4, -0.2) is 29.5 Å². The van der Waals surface area contributed by atoms with Crippen molar-refractivity contribution in [3.8, 4) is 0 Å². The van der Waals surface area contributed by atoms with Crippen molar-refractivity contribution >= 4 is 35.0 Å². The molecule has 0 aliphatic rings. The van der Waals surface area contributed by atoms with Gasteiger partial charge in [-0.15, -0.1) is 11.8 Å². The molecule has 0 heterocycles. The molecule has 1 rings (SSSR count). The molecule has 1 unspecified atom stereocenters. The zero-order valence-electron chi connectivity index (χ0n) is 11.0. The van der Waals surface area contributed by atoms with Gasteiger partial charge in [0.05, 0.1) is 29.0 Å². The number of nitrogen functional groups attached to an aromatic ring is 1. The van der Waals surface area contributed by atoms with Crippen molar-refractivity contribution in [2.45, 2.75) is 19.1 Å². The average Bonchev–Trinajstić information content (AvgIpc) is 2.39. The summed E-state index contributed by atoms with van der Waals surface area (Å²) in [6.07, 6.45) is 0. The fraction of sp³-hybridized carbons (Fsp3) is 0.385. The number of anilines is 2. The van der Waals surface area contributed by atoms with Gasteiger partial charge < -0.3 is 15.8 Å². The summed E-state index contributed by atoms with van der Waals surface area (Å²) in [5.41, 5.74) is 6.83. The molecule has 5 nitrogen and oxygen atoms in total. The van der Waals surface area contributed by atoms with Crippen molar-refractivity contribution in [1.29, 1.82) is 0 Å². The predicted molar refractivity (Wildman–Crippen MR) is 78.0 cm³/mol. The highest BCUT2D eigenvalue weighted by atomic mass is 32.2. The number of thioether (sulfide) groups is 1. The minimum atomic E-state index is -0.357. The Morgan fingerprint density at radius 1 is 1.42 bits per heavy atom. The third-order valence-corrected chi connectivity index (χ3v) is 3.46. The molecule has 0 aliphatic heterocycles. The first kappa shape index (κ1) is 15.4. The number of nitrogens with one attached hydrogen (secondary N) is 1. The smallest absolute Gasteiger partial charge is 0.315 e. The summed E-state index contributed by atoms with van der Waals surface area (Å²) in [6.45, 7) is 3.83. The molecule has 1 atom stereocenters. The number of ether oxygens (including phenoxy) is 1. The van der Waals surface area contributed by atoms with E-state index in [0.717, 1.165) is 0 Å². The van der Waals surface area contributed by atoms with Crippen LogP contribution in [0.5, 0.6) is 0 Å². The second-order valence-corrected chi connectivity index (χ2v) is 5.16. The maximum absolute atomic E-state index is 11.9. The van der Waals surface area contributed by atoms with Gasteiger partial charge >= 0.3 is 5.97 Å². The minimum Gasteiger partial charge on any atom is -0.465 e. The van der Waals surface area contributed by atoms with Crippen LogP contribution in [0.4, 0.5) is 11.4 Å². The van der Waals surface area contributed by atoms with E-state index in [2.05, 4.69) is 5.32 Å². The van der Waals surface area contributed by atoms with E-state index in [1.807, 2.05) is 0 Å². The summed E-state index contributed by atoms with van der Waals surface area (Å²) in [7, 11) is 0. The monoisotopic (exact) mass is 282 g/mol. The number of nitrogens with two attached hydrogens (primary N) is 1. The van der Waals surface area contributed by atoms with Gasteiger partial charge in [0.25, 0.3) is 0 Å². The maximum Gasteiger partial charge on any atom is 0.315 e. The molecule has 1 amide bonds. The fourth-order valence-corrected chi connectivity index (χ4v) is 2.00. The van der Waals surface area contributed by atoms with Gasteiger partial charge in [0, 0.05) is 0 Å². The van der Waals surface area contributed by atoms with E-state index >= 15 is 0 Å². The number of amides is 1. The third kappa shape index (κ3) is 5.21. The molecule has 6 heteroatoms. The Hall–Kier alpha value is -1.69. The lowest BCUT2D eigenvalue weighted by molar-refractivity contribution is -0.139. The molecule has 0 saturated carbocycles. The van der Waals surface area contributed by atoms with Crippen LogP contribution in [0, 0.1) is 0 Å². The van der Waals surface area contributed by atoms with E-state index in [-0.39, 0.29) is 22.9 Å². The van der Waals surface area contributed by atoms with Gasteiger partial charge in [-0.2, -0.15) is 0 Å². The van der Waals surface area contributed by atoms with E-state index in [4.69, 9.17) is 10.5 Å². The van der Waals surface area contributed by atoms with Crippen LogP contribution < -0.4 is 11.1 Å². The van der Waals surface area contributed by atoms with Crippen molar-refractivity contribution in [3.05, 3.63) is 24.3 Å². The molecule has 0 aliphatic carbocycles. The van der Waals surface area contributed by atoms with Crippen molar-refractivity contribution in [2.24, 2.45) is 0 Å². The molecule has 1 aromatic carbocycles. The number of para-hydroxylation sites is 2. The normalized spacial score (nSPS) is 11.7. The largest absolute Gasteiger partial charge is 0.465 e. The Morgan fingerprint density at radius 3 is 2.74 bits per heavy atom. The van der Waals surface area contributed by atoms with E-state index in [0.29, 0.717) is 18.0 Å². The number of esters is 1. The molecule has 1 aromatic rings. The molecular formula is C13H18N2O3S. The zero-order chi connectivity index (χ0) is 14.3. The van der Waals surface area contributed by atoms with Crippen LogP contribution in [-0.2, 0) is 14.3 Å². The molecule has 0 radical (unpaired) electrons. The third-order valence-electron chi connectivity index (χ3n) is 2.34. The molecule has 3 N–H and O–H groups in total. The van der Waals surface area contributed by atoms with Crippen molar-refractivity contribution < 1.29 is 14.3 Å². The summed E-state index contributed by atoms with van der Waals surface area (Å²) in [6, 6.07) is 7.04. The Kier molecular flexibility index (Phi) is 6.21. The highest BCUT2D eigenvalue weighted by Gasteiger charge is 2.16. The van der Waals surface area contributed by atoms with Gasteiger partial charge in [0.1, 0.15) is 0 Å². The molecule has 0 fully saturated rings. The Bertz CT molecular complexity index is 451. The molecular weight excluding hydrogens is 264 g/mol. The van der Waals surface area contributed by atoms with Gasteiger partial charge in [-0.1, -0.05) is 12.1 Å². The number of hydrogen-bond donors (Lipinski definition) is 2. The maximum atomic E-state index is 11.9. The Balaban J connectivity index is 2.45. The molecule has 104 valence electrons. The topological polar surface area (TPSA) is 81.4 Å². The van der Waals surface area contributed by atoms with Crippen LogP contribution in [0.15, 0.2) is 24.3 Å². The average molecular weight is 282 g/mol. The van der Waals surface area contributed by atoms with Crippen LogP contribution in [0.1, 0.15) is 13.8 Å². The summed E-state index contributed by atoms with van der Waals surface area (Å²) in [5.74, 6) is -0.342. The van der Waals surface area contributed by atoms with Gasteiger partial charge in [-0.05, 0) is 26.0 Å². The lowest BCUT2D eigenvalue weighted by Crippen LogP contribution is -2.24. The number of carbonyl (C=O) groups excluding carboxylic acids is 2. The summed E-state index contributed by atoms with van der Waals surface area (Å²) in [4.78, 5) is 23.1. The highest BCUT2D eigenvalue weighted by molar-refractivity contribution is 8.01.